The molecule has 0 aliphatic carbocycles. The lowest BCUT2D eigenvalue weighted by atomic mass is 9.86. The van der Waals surface area contributed by atoms with E-state index in [-0.39, 0.29) is 11.9 Å². The van der Waals surface area contributed by atoms with Gasteiger partial charge in [-0.25, -0.2) is 4.98 Å². The number of aliphatic hydroxyl groups excluding tert-OH is 1. The SMILES string of the molecule is CCOc1cc(C(C)N2CCc3c(cc(CCN(C)CC(C)O)cc3-c3ccc(F)nc3C)C2=O)ncc1C#N. The smallest absolute Gasteiger partial charge is 0.254 e. The molecule has 3 aromatic rings. The van der Waals surface area contributed by atoms with Gasteiger partial charge < -0.3 is 19.6 Å². The number of rotatable bonds is 10. The third-order valence-corrected chi connectivity index (χ3v) is 7.31. The Morgan fingerprint density at radius 1 is 1.23 bits per heavy atom. The van der Waals surface area contributed by atoms with Crippen molar-refractivity contribution in [3.05, 3.63) is 76.1 Å². The molecule has 8 nitrogen and oxygen atoms in total. The maximum atomic E-state index is 14.0. The first-order chi connectivity index (χ1) is 19.1. The van der Waals surface area contributed by atoms with Gasteiger partial charge in [-0.2, -0.15) is 9.65 Å². The van der Waals surface area contributed by atoms with Crippen LogP contribution in [-0.2, 0) is 12.8 Å². The number of hydrogen-bond acceptors (Lipinski definition) is 7. The summed E-state index contributed by atoms with van der Waals surface area (Å²) in [7, 11) is 1.95. The molecule has 2 unspecified atom stereocenters. The van der Waals surface area contributed by atoms with Crippen molar-refractivity contribution in [2.24, 2.45) is 0 Å². The number of aromatic nitrogens is 2. The van der Waals surface area contributed by atoms with Crippen LogP contribution in [0.5, 0.6) is 5.75 Å². The minimum absolute atomic E-state index is 0.106. The molecule has 0 fully saturated rings. The Hall–Kier alpha value is -3.87. The number of aliphatic hydroxyl groups is 1. The van der Waals surface area contributed by atoms with Crippen molar-refractivity contribution in [2.45, 2.75) is 52.7 Å². The molecule has 0 saturated carbocycles. The number of benzene rings is 1. The van der Waals surface area contributed by atoms with Gasteiger partial charge in [0.25, 0.3) is 5.91 Å². The predicted molar refractivity (Wildman–Crippen MR) is 151 cm³/mol. The van der Waals surface area contributed by atoms with Crippen LogP contribution in [0.4, 0.5) is 4.39 Å². The van der Waals surface area contributed by atoms with Crippen molar-refractivity contribution in [3.8, 4) is 22.9 Å². The lowest BCUT2D eigenvalue weighted by molar-refractivity contribution is 0.0669. The van der Waals surface area contributed by atoms with E-state index in [4.69, 9.17) is 4.74 Å². The number of carbonyl (C=O) groups is 1. The molecule has 9 heteroatoms. The van der Waals surface area contributed by atoms with Gasteiger partial charge in [-0.05, 0) is 82.5 Å². The molecular weight excluding hydrogens is 509 g/mol. The molecule has 3 heterocycles. The van der Waals surface area contributed by atoms with Gasteiger partial charge in [-0.3, -0.25) is 9.78 Å². The summed E-state index contributed by atoms with van der Waals surface area (Å²) in [5, 5.41) is 19.2. The largest absolute Gasteiger partial charge is 0.492 e. The van der Waals surface area contributed by atoms with Crippen LogP contribution in [0.25, 0.3) is 11.1 Å². The number of ether oxygens (including phenoxy) is 1. The topological polar surface area (TPSA) is 103 Å². The quantitative estimate of drug-likeness (QED) is 0.375. The number of pyridine rings is 2. The number of aryl methyl sites for hydroxylation is 1. The molecule has 40 heavy (non-hydrogen) atoms. The summed E-state index contributed by atoms with van der Waals surface area (Å²) in [4.78, 5) is 26.4. The van der Waals surface area contributed by atoms with E-state index in [1.165, 1.54) is 12.3 Å². The molecule has 0 saturated heterocycles. The van der Waals surface area contributed by atoms with Crippen molar-refractivity contribution in [1.29, 1.82) is 5.26 Å². The number of fused-ring (bicyclic) bond motifs is 1. The van der Waals surface area contributed by atoms with Crippen LogP contribution in [0.1, 0.15) is 65.2 Å². The van der Waals surface area contributed by atoms with Crippen molar-refractivity contribution >= 4 is 5.91 Å². The third-order valence-electron chi connectivity index (χ3n) is 7.31. The van der Waals surface area contributed by atoms with Crippen molar-refractivity contribution in [3.63, 3.8) is 0 Å². The van der Waals surface area contributed by atoms with E-state index < -0.39 is 12.1 Å². The first-order valence-electron chi connectivity index (χ1n) is 13.6. The van der Waals surface area contributed by atoms with Gasteiger partial charge in [0.1, 0.15) is 17.4 Å². The Labute approximate surface area is 235 Å². The van der Waals surface area contributed by atoms with Crippen molar-refractivity contribution < 1.29 is 19.0 Å². The molecule has 210 valence electrons. The lowest BCUT2D eigenvalue weighted by Gasteiger charge is -2.35. The van der Waals surface area contributed by atoms with Gasteiger partial charge in [-0.1, -0.05) is 6.07 Å². The second-order valence-corrected chi connectivity index (χ2v) is 10.4. The molecule has 1 aliphatic heterocycles. The second-order valence-electron chi connectivity index (χ2n) is 10.4. The number of carbonyl (C=O) groups excluding carboxylic acids is 1. The van der Waals surface area contributed by atoms with Crippen LogP contribution in [-0.4, -0.2) is 70.2 Å². The van der Waals surface area contributed by atoms with E-state index in [9.17, 15) is 19.6 Å². The second kappa shape index (κ2) is 12.5. The summed E-state index contributed by atoms with van der Waals surface area (Å²) in [5.74, 6) is -0.189. The summed E-state index contributed by atoms with van der Waals surface area (Å²) >= 11 is 0. The standard InChI is InChI=1S/C31H36FN5O3/c1-6-40-29-15-28(34-17-23(29)16-33)21(4)37-12-10-25-26(24-7-8-30(32)35-20(24)3)13-22(14-27(25)31(37)39)9-11-36(5)18-19(2)38/h7-8,13-15,17,19,21,38H,6,9-12,18H2,1-5H3. The average molecular weight is 546 g/mol. The van der Waals surface area contributed by atoms with Gasteiger partial charge in [-0.15, -0.1) is 0 Å². The maximum Gasteiger partial charge on any atom is 0.254 e. The first kappa shape index (κ1) is 29.1. The lowest BCUT2D eigenvalue weighted by Crippen LogP contribution is -2.40. The van der Waals surface area contributed by atoms with Gasteiger partial charge in [0, 0.05) is 48.7 Å². The summed E-state index contributed by atoms with van der Waals surface area (Å²) in [5.41, 5.74) is 5.79. The number of halogens is 1. The van der Waals surface area contributed by atoms with E-state index in [0.717, 1.165) is 22.3 Å². The Morgan fingerprint density at radius 3 is 2.65 bits per heavy atom. The highest BCUT2D eigenvalue weighted by atomic mass is 19.1. The summed E-state index contributed by atoms with van der Waals surface area (Å²) in [6, 6.07) is 10.6. The Bertz CT molecular complexity index is 1440. The molecule has 1 amide bonds. The molecule has 0 spiro atoms. The van der Waals surface area contributed by atoms with Crippen LogP contribution < -0.4 is 4.74 Å². The predicted octanol–water partition coefficient (Wildman–Crippen LogP) is 4.48. The van der Waals surface area contributed by atoms with Gasteiger partial charge in [0.05, 0.1) is 24.4 Å². The van der Waals surface area contributed by atoms with Crippen LogP contribution in [0.15, 0.2) is 36.5 Å². The van der Waals surface area contributed by atoms with Gasteiger partial charge >= 0.3 is 0 Å². The van der Waals surface area contributed by atoms with E-state index in [1.807, 2.05) is 27.0 Å². The van der Waals surface area contributed by atoms with Crippen molar-refractivity contribution in [2.75, 3.05) is 33.3 Å². The molecule has 1 aliphatic rings. The zero-order chi connectivity index (χ0) is 29.0. The number of nitrogens with zero attached hydrogens (tertiary/aromatic N) is 5. The first-order valence-corrected chi connectivity index (χ1v) is 13.6. The minimum Gasteiger partial charge on any atom is -0.492 e. The molecule has 2 atom stereocenters. The molecule has 2 aromatic heterocycles. The number of likely N-dealkylation sites (N-methyl/N-ethyl adjacent to an activating group) is 1. The molecular formula is C31H36FN5O3. The highest BCUT2D eigenvalue weighted by Crippen LogP contribution is 2.36. The fourth-order valence-corrected chi connectivity index (χ4v) is 5.31. The van der Waals surface area contributed by atoms with Gasteiger partial charge in [0.2, 0.25) is 5.95 Å². The zero-order valence-electron chi connectivity index (χ0n) is 23.7. The molecule has 1 N–H and O–H groups in total. The summed E-state index contributed by atoms with van der Waals surface area (Å²) in [6.45, 7) is 9.46. The van der Waals surface area contributed by atoms with Crippen LogP contribution in [0.3, 0.4) is 0 Å². The van der Waals surface area contributed by atoms with E-state index in [1.54, 1.807) is 30.9 Å². The van der Waals surface area contributed by atoms with Crippen LogP contribution in [0.2, 0.25) is 0 Å². The van der Waals surface area contributed by atoms with E-state index in [2.05, 4.69) is 27.0 Å². The molecule has 0 bridgehead atoms. The monoisotopic (exact) mass is 545 g/mol. The van der Waals surface area contributed by atoms with Crippen LogP contribution in [0, 0.1) is 24.2 Å². The maximum absolute atomic E-state index is 14.0. The normalized spacial score (nSPS) is 14.6. The van der Waals surface area contributed by atoms with Crippen molar-refractivity contribution in [1.82, 2.24) is 19.8 Å². The Kier molecular flexibility index (Phi) is 9.13. The fourth-order valence-electron chi connectivity index (χ4n) is 5.31. The Balaban J connectivity index is 1.72. The zero-order valence-corrected chi connectivity index (χ0v) is 23.7. The molecule has 0 radical (unpaired) electrons. The molecule has 1 aromatic carbocycles. The minimum atomic E-state index is -0.538. The van der Waals surface area contributed by atoms with E-state index >= 15 is 0 Å². The van der Waals surface area contributed by atoms with Crippen LogP contribution >= 0.6 is 0 Å². The number of nitriles is 1. The highest BCUT2D eigenvalue weighted by molar-refractivity contribution is 5.99. The number of amides is 1. The highest BCUT2D eigenvalue weighted by Gasteiger charge is 2.32. The summed E-state index contributed by atoms with van der Waals surface area (Å²) in [6.07, 6.45) is 2.35. The summed E-state index contributed by atoms with van der Waals surface area (Å²) < 4.78 is 19.5. The third kappa shape index (κ3) is 6.30. The van der Waals surface area contributed by atoms with Gasteiger partial charge in [0.15, 0.2) is 0 Å². The molecule has 4 rings (SSSR count). The van der Waals surface area contributed by atoms with E-state index in [0.29, 0.717) is 67.3 Å². The number of hydrogen-bond donors (Lipinski definition) is 1. The fraction of sp³-hybridized carbons (Fsp3) is 0.419. The Morgan fingerprint density at radius 2 is 1.98 bits per heavy atom. The average Bonchev–Trinajstić information content (AvgIpc) is 2.91.